The van der Waals surface area contributed by atoms with Gasteiger partial charge < -0.3 is 30.6 Å². The molecular weight excluding hydrogens is 454 g/mol. The first-order valence-electron chi connectivity index (χ1n) is 13.5. The van der Waals surface area contributed by atoms with Crippen molar-refractivity contribution in [2.45, 2.75) is 76.2 Å². The molecule has 0 bridgehead atoms. The Hall–Kier alpha value is -2.26. The minimum atomic E-state index is -0.473. The molecule has 1 saturated carbocycles. The van der Waals surface area contributed by atoms with Crippen LogP contribution in [0.1, 0.15) is 63.9 Å². The van der Waals surface area contributed by atoms with Crippen LogP contribution in [0.5, 0.6) is 0 Å². The van der Waals surface area contributed by atoms with E-state index in [-0.39, 0.29) is 6.10 Å². The van der Waals surface area contributed by atoms with E-state index in [1.807, 2.05) is 26.0 Å². The Balaban J connectivity index is 1.29. The normalized spacial score (nSPS) is 26.7. The maximum Gasteiger partial charge on any atom is 0.163 e. The number of aromatic nitrogens is 2. The van der Waals surface area contributed by atoms with E-state index < -0.39 is 5.79 Å². The zero-order chi connectivity index (χ0) is 25.0. The average Bonchev–Trinajstić information content (AvgIpc) is 3.25. The maximum atomic E-state index is 6.00. The Kier molecular flexibility index (Phi) is 8.06. The highest BCUT2D eigenvalue weighted by molar-refractivity contribution is 5.65. The summed E-state index contributed by atoms with van der Waals surface area (Å²) in [5, 5.41) is 7.40. The highest BCUT2D eigenvalue weighted by atomic mass is 16.7. The van der Waals surface area contributed by atoms with Crippen molar-refractivity contribution in [1.29, 1.82) is 0 Å². The van der Waals surface area contributed by atoms with Gasteiger partial charge in [-0.3, -0.25) is 0 Å². The standard InChI is InChI=1S/C28H41N5O3/c1-28(2)35-18-24(36-28)17-31-23-5-3-4-20(12-23)22-13-25(21-6-9-30-26(29)14-21)33-27(15-22)32-16-19-7-10-34-11-8-19/h6,9,13-15,19-20,23-24,31H,3-5,7-8,10-12,16-18H2,1-2H3,(H2,29,30)(H,32,33)/t20-,23-,24-/m1/s1. The number of hydrogen-bond donors (Lipinski definition) is 3. The van der Waals surface area contributed by atoms with Gasteiger partial charge in [0.15, 0.2) is 5.79 Å². The summed E-state index contributed by atoms with van der Waals surface area (Å²) in [5.74, 6) is 2.09. The zero-order valence-electron chi connectivity index (χ0n) is 21.7. The van der Waals surface area contributed by atoms with Gasteiger partial charge in [-0.1, -0.05) is 6.42 Å². The molecule has 3 fully saturated rings. The molecule has 196 valence electrons. The Bertz CT molecular complexity index is 1010. The monoisotopic (exact) mass is 495 g/mol. The van der Waals surface area contributed by atoms with Gasteiger partial charge in [0, 0.05) is 44.1 Å². The number of ether oxygens (including phenoxy) is 3. The summed E-state index contributed by atoms with van der Waals surface area (Å²) in [6, 6.07) is 8.88. The lowest BCUT2D eigenvalue weighted by molar-refractivity contribution is -0.137. The molecule has 0 amide bonds. The SMILES string of the molecule is CC1(C)OC[C@@H](CN[C@@H]2CCC[C@@H](c3cc(NCC4CCOCC4)nc(-c4ccnc(N)c4)c3)C2)O1. The Morgan fingerprint density at radius 3 is 2.72 bits per heavy atom. The van der Waals surface area contributed by atoms with E-state index >= 15 is 0 Å². The number of hydrogen-bond acceptors (Lipinski definition) is 8. The number of nitrogen functional groups attached to an aromatic ring is 1. The third-order valence-corrected chi connectivity index (χ3v) is 7.68. The van der Waals surface area contributed by atoms with Gasteiger partial charge in [0.2, 0.25) is 0 Å². The van der Waals surface area contributed by atoms with Crippen molar-refractivity contribution in [3.05, 3.63) is 36.0 Å². The van der Waals surface area contributed by atoms with E-state index in [1.165, 1.54) is 24.8 Å². The van der Waals surface area contributed by atoms with Crippen LogP contribution < -0.4 is 16.4 Å². The summed E-state index contributed by atoms with van der Waals surface area (Å²) in [6.45, 7) is 8.08. The molecule has 2 aromatic heterocycles. The van der Waals surface area contributed by atoms with Crippen LogP contribution in [-0.2, 0) is 14.2 Å². The first-order chi connectivity index (χ1) is 17.4. The number of nitrogens with zero attached hydrogens (tertiary/aromatic N) is 2. The zero-order valence-corrected chi connectivity index (χ0v) is 21.7. The van der Waals surface area contributed by atoms with Gasteiger partial charge in [0.05, 0.1) is 18.4 Å². The summed E-state index contributed by atoms with van der Waals surface area (Å²) in [5.41, 5.74) is 9.30. The molecule has 0 spiro atoms. The molecular formula is C28H41N5O3. The van der Waals surface area contributed by atoms with Crippen LogP contribution in [0.2, 0.25) is 0 Å². The fourth-order valence-electron chi connectivity index (χ4n) is 5.67. The van der Waals surface area contributed by atoms with E-state index in [0.29, 0.717) is 30.3 Å². The second kappa shape index (κ2) is 11.4. The van der Waals surface area contributed by atoms with Gasteiger partial charge in [-0.15, -0.1) is 0 Å². The largest absolute Gasteiger partial charge is 0.384 e. The molecule has 3 atom stereocenters. The molecule has 8 nitrogen and oxygen atoms in total. The maximum absolute atomic E-state index is 6.00. The van der Waals surface area contributed by atoms with Crippen molar-refractivity contribution >= 4 is 11.6 Å². The van der Waals surface area contributed by atoms with Crippen LogP contribution in [-0.4, -0.2) is 60.8 Å². The number of pyridine rings is 2. The minimum absolute atomic E-state index is 0.117. The third-order valence-electron chi connectivity index (χ3n) is 7.68. The topological polar surface area (TPSA) is 104 Å². The smallest absolute Gasteiger partial charge is 0.163 e. The molecule has 4 heterocycles. The van der Waals surface area contributed by atoms with E-state index in [9.17, 15) is 0 Å². The Labute approximate surface area is 214 Å². The average molecular weight is 496 g/mol. The van der Waals surface area contributed by atoms with Crippen LogP contribution in [0.25, 0.3) is 11.3 Å². The number of anilines is 2. The van der Waals surface area contributed by atoms with E-state index in [2.05, 4.69) is 27.8 Å². The quantitative estimate of drug-likeness (QED) is 0.497. The fraction of sp³-hybridized carbons (Fsp3) is 0.643. The van der Waals surface area contributed by atoms with Gasteiger partial charge in [-0.2, -0.15) is 0 Å². The molecule has 2 saturated heterocycles. The fourth-order valence-corrected chi connectivity index (χ4v) is 5.67. The summed E-state index contributed by atoms with van der Waals surface area (Å²) < 4.78 is 17.3. The van der Waals surface area contributed by atoms with Crippen molar-refractivity contribution in [2.24, 2.45) is 5.92 Å². The second-order valence-electron chi connectivity index (χ2n) is 11.0. The predicted octanol–water partition coefficient (Wildman–Crippen LogP) is 4.33. The van der Waals surface area contributed by atoms with Crippen molar-refractivity contribution in [2.75, 3.05) is 44.0 Å². The molecule has 8 heteroatoms. The number of nitrogens with two attached hydrogens (primary N) is 1. The number of nitrogens with one attached hydrogen (secondary N) is 2. The Morgan fingerprint density at radius 1 is 1.08 bits per heavy atom. The molecule has 1 aliphatic carbocycles. The lowest BCUT2D eigenvalue weighted by atomic mass is 9.81. The van der Waals surface area contributed by atoms with Crippen LogP contribution >= 0.6 is 0 Å². The molecule has 2 aliphatic heterocycles. The van der Waals surface area contributed by atoms with Crippen LogP contribution in [0.3, 0.4) is 0 Å². The molecule has 5 rings (SSSR count). The molecule has 4 N–H and O–H groups in total. The van der Waals surface area contributed by atoms with Crippen molar-refractivity contribution < 1.29 is 14.2 Å². The summed E-state index contributed by atoms with van der Waals surface area (Å²) in [4.78, 5) is 9.14. The van der Waals surface area contributed by atoms with Crippen molar-refractivity contribution in [3.63, 3.8) is 0 Å². The minimum Gasteiger partial charge on any atom is -0.384 e. The van der Waals surface area contributed by atoms with E-state index in [4.69, 9.17) is 24.9 Å². The van der Waals surface area contributed by atoms with Crippen molar-refractivity contribution in [1.82, 2.24) is 15.3 Å². The van der Waals surface area contributed by atoms with Crippen LogP contribution in [0.15, 0.2) is 30.5 Å². The van der Waals surface area contributed by atoms with Gasteiger partial charge in [0.25, 0.3) is 0 Å². The van der Waals surface area contributed by atoms with Crippen LogP contribution in [0.4, 0.5) is 11.6 Å². The van der Waals surface area contributed by atoms with Crippen LogP contribution in [0, 0.1) is 5.92 Å². The van der Waals surface area contributed by atoms with E-state index in [1.54, 1.807) is 6.20 Å². The first kappa shape index (κ1) is 25.4. The van der Waals surface area contributed by atoms with Gasteiger partial charge in [0.1, 0.15) is 11.6 Å². The summed E-state index contributed by atoms with van der Waals surface area (Å²) in [6.07, 6.45) is 8.78. The second-order valence-corrected chi connectivity index (χ2v) is 11.0. The number of rotatable bonds is 8. The van der Waals surface area contributed by atoms with Gasteiger partial charge >= 0.3 is 0 Å². The van der Waals surface area contributed by atoms with Gasteiger partial charge in [-0.25, -0.2) is 9.97 Å². The molecule has 0 aromatic carbocycles. The van der Waals surface area contributed by atoms with E-state index in [0.717, 1.165) is 62.6 Å². The molecule has 0 radical (unpaired) electrons. The Morgan fingerprint density at radius 2 is 1.94 bits per heavy atom. The predicted molar refractivity (Wildman–Crippen MR) is 142 cm³/mol. The van der Waals surface area contributed by atoms with Crippen molar-refractivity contribution in [3.8, 4) is 11.3 Å². The summed E-state index contributed by atoms with van der Waals surface area (Å²) >= 11 is 0. The highest BCUT2D eigenvalue weighted by Gasteiger charge is 2.33. The summed E-state index contributed by atoms with van der Waals surface area (Å²) in [7, 11) is 0. The third kappa shape index (κ3) is 6.73. The van der Waals surface area contributed by atoms with Gasteiger partial charge in [-0.05, 0) is 87.6 Å². The molecule has 0 unspecified atom stereocenters. The molecule has 3 aliphatic rings. The lowest BCUT2D eigenvalue weighted by Crippen LogP contribution is -2.39. The highest BCUT2D eigenvalue weighted by Crippen LogP contribution is 2.36. The lowest BCUT2D eigenvalue weighted by Gasteiger charge is -2.31. The molecule has 36 heavy (non-hydrogen) atoms. The molecule has 2 aromatic rings. The first-order valence-corrected chi connectivity index (χ1v) is 13.5.